The molecule has 10 heteroatoms. The molecule has 2 saturated carbocycles. The van der Waals surface area contributed by atoms with Crippen molar-refractivity contribution in [2.75, 3.05) is 66.2 Å². The Morgan fingerprint density at radius 1 is 1.15 bits per heavy atom. The van der Waals surface area contributed by atoms with Crippen molar-refractivity contribution in [1.82, 2.24) is 15.1 Å². The van der Waals surface area contributed by atoms with Gasteiger partial charge in [-0.2, -0.15) is 0 Å². The van der Waals surface area contributed by atoms with Gasteiger partial charge in [0.15, 0.2) is 0 Å². The number of nitrogens with zero attached hydrogens (tertiary/aromatic N) is 2. The number of hydrogen-bond acceptors (Lipinski definition) is 8. The molecule has 1 N–H and O–H groups in total. The van der Waals surface area contributed by atoms with Crippen molar-refractivity contribution >= 4 is 12.0 Å². The second kappa shape index (κ2) is 10.6. The summed E-state index contributed by atoms with van der Waals surface area (Å²) in [5.74, 6) is 0.610. The Hall–Kier alpha value is -1.72. The molecule has 4 aliphatic heterocycles. The second-order valence-electron chi connectivity index (χ2n) is 12.8. The van der Waals surface area contributed by atoms with Gasteiger partial charge in [0.25, 0.3) is 0 Å². The third-order valence-corrected chi connectivity index (χ3v) is 10.1. The van der Waals surface area contributed by atoms with E-state index in [2.05, 4.69) is 37.1 Å². The summed E-state index contributed by atoms with van der Waals surface area (Å²) in [5.41, 5.74) is 0.682. The van der Waals surface area contributed by atoms with E-state index in [0.717, 1.165) is 45.7 Å². The molecule has 4 heterocycles. The number of allylic oxidation sites excluding steroid dienone is 1. The van der Waals surface area contributed by atoms with Gasteiger partial charge >= 0.3 is 6.09 Å². The predicted molar refractivity (Wildman–Crippen MR) is 142 cm³/mol. The van der Waals surface area contributed by atoms with Crippen molar-refractivity contribution in [3.8, 4) is 0 Å². The van der Waals surface area contributed by atoms with Crippen LogP contribution in [0.4, 0.5) is 4.79 Å². The predicted octanol–water partition coefficient (Wildman–Crippen LogP) is 1.83. The van der Waals surface area contributed by atoms with Crippen molar-refractivity contribution in [3.05, 3.63) is 11.6 Å². The Bertz CT molecular complexity index is 964. The maximum Gasteiger partial charge on any atom is 0.410 e. The van der Waals surface area contributed by atoms with Crippen LogP contribution in [0.15, 0.2) is 11.6 Å². The number of fused-ring (bicyclic) bond motifs is 1. The highest BCUT2D eigenvalue weighted by Gasteiger charge is 2.72. The van der Waals surface area contributed by atoms with Crippen LogP contribution >= 0.6 is 0 Å². The highest BCUT2D eigenvalue weighted by Crippen LogP contribution is 2.60. The largest absolute Gasteiger partial charge is 0.443 e. The van der Waals surface area contributed by atoms with E-state index in [1.54, 1.807) is 12.0 Å². The molecule has 6 aliphatic rings. The number of methoxy groups -OCH3 is 1. The van der Waals surface area contributed by atoms with Crippen LogP contribution < -0.4 is 5.32 Å². The summed E-state index contributed by atoms with van der Waals surface area (Å²) in [6.07, 6.45) is 3.83. The standard InChI is InChI=1S/C29H45N3O7/c1-18(2)5-6-22-28(3,39-22)25-24(35-4)21(7-8-29(25)17-37-29)38-27(34)32-15-19-20(16-32)23(19)26(33)30-9-10-31-11-13-36-14-12-31/h5,19-25H,6-17H2,1-4H3,(H,30,33)/t19-,20+,21-,22-,23+,24-,25?,28+,29+/m1/s1. The molecule has 0 bridgehead atoms. The first-order valence-corrected chi connectivity index (χ1v) is 14.8. The molecule has 4 saturated heterocycles. The molecule has 39 heavy (non-hydrogen) atoms. The molecule has 6 rings (SSSR count). The number of carbonyl (C=O) groups excluding carboxylic acids is 2. The average Bonchev–Trinajstić information content (AvgIpc) is 3.88. The van der Waals surface area contributed by atoms with Crippen LogP contribution in [0.5, 0.6) is 0 Å². The summed E-state index contributed by atoms with van der Waals surface area (Å²) in [5, 5.41) is 3.10. The van der Waals surface area contributed by atoms with Crippen molar-refractivity contribution in [2.24, 2.45) is 23.7 Å². The zero-order chi connectivity index (χ0) is 27.4. The number of piperidine rings is 1. The van der Waals surface area contributed by atoms with Gasteiger partial charge in [0.05, 0.1) is 31.8 Å². The number of likely N-dealkylation sites (tertiary alicyclic amines) is 1. The quantitative estimate of drug-likeness (QED) is 0.344. The van der Waals surface area contributed by atoms with Crippen LogP contribution in [0.1, 0.15) is 40.0 Å². The van der Waals surface area contributed by atoms with Crippen molar-refractivity contribution in [1.29, 1.82) is 0 Å². The average molecular weight is 548 g/mol. The lowest BCUT2D eigenvalue weighted by molar-refractivity contribution is -0.124. The van der Waals surface area contributed by atoms with Gasteiger partial charge < -0.3 is 33.9 Å². The summed E-state index contributed by atoms with van der Waals surface area (Å²) in [6, 6.07) is 0. The fourth-order valence-corrected chi connectivity index (χ4v) is 7.62. The smallest absolute Gasteiger partial charge is 0.410 e. The Morgan fingerprint density at radius 2 is 1.87 bits per heavy atom. The Balaban J connectivity index is 0.992. The minimum Gasteiger partial charge on any atom is -0.443 e. The molecule has 1 unspecified atom stereocenters. The van der Waals surface area contributed by atoms with Crippen LogP contribution in [-0.2, 0) is 28.5 Å². The maximum atomic E-state index is 13.2. The van der Waals surface area contributed by atoms with Gasteiger partial charge in [0, 0.05) is 52.3 Å². The molecule has 10 nitrogen and oxygen atoms in total. The van der Waals surface area contributed by atoms with E-state index in [1.807, 2.05) is 0 Å². The maximum absolute atomic E-state index is 13.2. The summed E-state index contributed by atoms with van der Waals surface area (Å²) in [6.45, 7) is 13.1. The van der Waals surface area contributed by atoms with Crippen LogP contribution in [0.25, 0.3) is 0 Å². The first kappa shape index (κ1) is 27.4. The van der Waals surface area contributed by atoms with E-state index in [0.29, 0.717) is 32.7 Å². The number of morpholine rings is 1. The minimum atomic E-state index is -0.355. The van der Waals surface area contributed by atoms with E-state index < -0.39 is 0 Å². The molecule has 9 atom stereocenters. The lowest BCUT2D eigenvalue weighted by Gasteiger charge is -2.43. The normalized spacial score (nSPS) is 42.6. The number of epoxide rings is 2. The number of ether oxygens (including phenoxy) is 5. The topological polar surface area (TPSA) is 105 Å². The molecule has 0 radical (unpaired) electrons. The third-order valence-electron chi connectivity index (χ3n) is 10.1. The van der Waals surface area contributed by atoms with Crippen LogP contribution in [0.2, 0.25) is 0 Å². The van der Waals surface area contributed by atoms with E-state index in [1.165, 1.54) is 5.57 Å². The number of nitrogens with one attached hydrogen (secondary N) is 1. The number of hydrogen-bond donors (Lipinski definition) is 1. The molecule has 218 valence electrons. The molecule has 2 aliphatic carbocycles. The summed E-state index contributed by atoms with van der Waals surface area (Å²) >= 11 is 0. The lowest BCUT2D eigenvalue weighted by Crippen LogP contribution is -2.56. The lowest BCUT2D eigenvalue weighted by atomic mass is 9.68. The summed E-state index contributed by atoms with van der Waals surface area (Å²) in [7, 11) is 1.70. The van der Waals surface area contributed by atoms with E-state index in [9.17, 15) is 9.59 Å². The van der Waals surface area contributed by atoms with Gasteiger partial charge in [0.2, 0.25) is 5.91 Å². The first-order valence-electron chi connectivity index (χ1n) is 14.8. The van der Waals surface area contributed by atoms with Crippen LogP contribution in [0.3, 0.4) is 0 Å². The van der Waals surface area contributed by atoms with Gasteiger partial charge in [-0.3, -0.25) is 9.69 Å². The van der Waals surface area contributed by atoms with Gasteiger partial charge in [0.1, 0.15) is 23.4 Å². The molecular formula is C29H45N3O7. The fraction of sp³-hybridized carbons (Fsp3) is 0.862. The molecule has 0 aromatic rings. The molecule has 0 aromatic carbocycles. The molecule has 0 aromatic heterocycles. The van der Waals surface area contributed by atoms with Crippen molar-refractivity contribution in [3.63, 3.8) is 0 Å². The van der Waals surface area contributed by atoms with E-state index in [4.69, 9.17) is 23.7 Å². The van der Waals surface area contributed by atoms with Gasteiger partial charge in [-0.25, -0.2) is 4.79 Å². The Morgan fingerprint density at radius 3 is 2.51 bits per heavy atom. The number of carbonyl (C=O) groups is 2. The van der Waals surface area contributed by atoms with Crippen molar-refractivity contribution in [2.45, 2.75) is 69.5 Å². The Kier molecular flexibility index (Phi) is 7.46. The van der Waals surface area contributed by atoms with Crippen molar-refractivity contribution < 1.29 is 33.3 Å². The monoisotopic (exact) mass is 547 g/mol. The zero-order valence-corrected chi connectivity index (χ0v) is 23.9. The molecular weight excluding hydrogens is 502 g/mol. The van der Waals surface area contributed by atoms with E-state index in [-0.39, 0.29) is 65.2 Å². The SMILES string of the molecule is CO[C@H]1C([C@@]2(C)O[C@@H]2CC=C(C)C)[C@]2(CC[C@H]1OC(=O)N1C[C@@H]3[C@H](C1)[C@H]3C(=O)NCCN1CCOCC1)CO2. The molecule has 2 amide bonds. The van der Waals surface area contributed by atoms with Gasteiger partial charge in [-0.15, -0.1) is 0 Å². The fourth-order valence-electron chi connectivity index (χ4n) is 7.62. The summed E-state index contributed by atoms with van der Waals surface area (Å²) < 4.78 is 29.8. The molecule has 1 spiro atoms. The second-order valence-corrected chi connectivity index (χ2v) is 12.8. The number of rotatable bonds is 9. The highest BCUT2D eigenvalue weighted by molar-refractivity contribution is 5.83. The number of amides is 2. The van der Waals surface area contributed by atoms with Gasteiger partial charge in [-0.1, -0.05) is 11.6 Å². The van der Waals surface area contributed by atoms with Crippen LogP contribution in [-0.4, -0.2) is 118 Å². The zero-order valence-electron chi connectivity index (χ0n) is 23.9. The van der Waals surface area contributed by atoms with Gasteiger partial charge in [-0.05, 0) is 51.9 Å². The minimum absolute atomic E-state index is 0.00892. The Labute approximate surface area is 231 Å². The van der Waals surface area contributed by atoms with E-state index >= 15 is 0 Å². The third kappa shape index (κ3) is 5.35. The first-order chi connectivity index (χ1) is 18.8. The van der Waals surface area contributed by atoms with Crippen LogP contribution in [0, 0.1) is 23.7 Å². The molecule has 6 fully saturated rings. The summed E-state index contributed by atoms with van der Waals surface area (Å²) in [4.78, 5) is 30.0. The highest BCUT2D eigenvalue weighted by atomic mass is 16.6.